The molecule has 4 rings (SSSR count). The molecule has 4 heteroatoms. The molecule has 27 heavy (non-hydrogen) atoms. The van der Waals surface area contributed by atoms with Crippen LogP contribution in [0.1, 0.15) is 56.8 Å². The summed E-state index contributed by atoms with van der Waals surface area (Å²) >= 11 is 0. The summed E-state index contributed by atoms with van der Waals surface area (Å²) in [6.07, 6.45) is 4.06. The minimum atomic E-state index is 0.119. The summed E-state index contributed by atoms with van der Waals surface area (Å²) < 4.78 is 11.4. The van der Waals surface area contributed by atoms with Crippen LogP contribution in [0.25, 0.3) is 0 Å². The number of fused-ring (bicyclic) bond motifs is 1. The third-order valence-corrected chi connectivity index (χ3v) is 7.75. The third-order valence-electron chi connectivity index (χ3n) is 7.75. The van der Waals surface area contributed by atoms with Crippen LogP contribution in [0.5, 0.6) is 0 Å². The molecule has 148 valence electrons. The molecule has 1 spiro atoms. The van der Waals surface area contributed by atoms with Gasteiger partial charge in [-0.05, 0) is 54.4 Å². The maximum atomic E-state index is 12.6. The SMILES string of the molecule is COCCC(=O)N[C@@H]1C(C)(C)[C@@H]2C[C@@H]3[C@@H](c4ccc(C)cc4)OCC[C@@]31C2. The van der Waals surface area contributed by atoms with Gasteiger partial charge in [-0.3, -0.25) is 4.79 Å². The number of carbonyl (C=O) groups is 1. The first-order chi connectivity index (χ1) is 12.9. The zero-order valence-electron chi connectivity index (χ0n) is 17.1. The Balaban J connectivity index is 1.62. The topological polar surface area (TPSA) is 47.6 Å². The molecular weight excluding hydrogens is 338 g/mol. The molecule has 1 aromatic carbocycles. The van der Waals surface area contributed by atoms with E-state index in [0.29, 0.717) is 24.9 Å². The monoisotopic (exact) mass is 371 g/mol. The van der Waals surface area contributed by atoms with Gasteiger partial charge in [0.05, 0.1) is 12.7 Å². The Morgan fingerprint density at radius 1 is 1.30 bits per heavy atom. The van der Waals surface area contributed by atoms with Crippen molar-refractivity contribution in [3.05, 3.63) is 35.4 Å². The lowest BCUT2D eigenvalue weighted by Gasteiger charge is -2.53. The van der Waals surface area contributed by atoms with Crippen molar-refractivity contribution in [2.75, 3.05) is 20.3 Å². The number of carbonyl (C=O) groups excluding carboxylic acids is 1. The molecule has 2 bridgehead atoms. The Morgan fingerprint density at radius 2 is 2.04 bits per heavy atom. The molecule has 0 radical (unpaired) electrons. The zero-order chi connectivity index (χ0) is 19.2. The Bertz CT molecular complexity index is 698. The predicted molar refractivity (Wildman–Crippen MR) is 105 cm³/mol. The number of methoxy groups -OCH3 is 1. The normalized spacial score (nSPS) is 36.4. The number of nitrogens with one attached hydrogen (secondary N) is 1. The average molecular weight is 372 g/mol. The summed E-state index contributed by atoms with van der Waals surface area (Å²) in [6.45, 7) is 8.08. The Labute approximate surface area is 163 Å². The molecule has 2 aliphatic carbocycles. The van der Waals surface area contributed by atoms with Crippen LogP contribution in [-0.2, 0) is 14.3 Å². The van der Waals surface area contributed by atoms with Crippen molar-refractivity contribution >= 4 is 5.91 Å². The van der Waals surface area contributed by atoms with Crippen LogP contribution >= 0.6 is 0 Å². The van der Waals surface area contributed by atoms with Gasteiger partial charge in [0.25, 0.3) is 0 Å². The van der Waals surface area contributed by atoms with Gasteiger partial charge in [0.1, 0.15) is 0 Å². The van der Waals surface area contributed by atoms with Crippen LogP contribution < -0.4 is 5.32 Å². The molecule has 1 heterocycles. The number of amides is 1. The molecule has 3 fully saturated rings. The molecule has 1 saturated heterocycles. The minimum Gasteiger partial charge on any atom is -0.384 e. The van der Waals surface area contributed by atoms with Crippen LogP contribution in [0.4, 0.5) is 0 Å². The predicted octanol–water partition coefficient (Wildman–Crippen LogP) is 4.03. The van der Waals surface area contributed by atoms with Gasteiger partial charge in [0, 0.05) is 26.2 Å². The van der Waals surface area contributed by atoms with E-state index in [9.17, 15) is 4.79 Å². The van der Waals surface area contributed by atoms with Gasteiger partial charge in [-0.15, -0.1) is 0 Å². The fraction of sp³-hybridized carbons (Fsp3) is 0.696. The van der Waals surface area contributed by atoms with Crippen molar-refractivity contribution in [1.82, 2.24) is 5.32 Å². The zero-order valence-corrected chi connectivity index (χ0v) is 17.1. The molecule has 3 aliphatic rings. The molecular formula is C23H33NO3. The van der Waals surface area contributed by atoms with Crippen LogP contribution in [0.2, 0.25) is 0 Å². The van der Waals surface area contributed by atoms with E-state index in [-0.39, 0.29) is 28.9 Å². The minimum absolute atomic E-state index is 0.119. The second kappa shape index (κ2) is 6.89. The standard InChI is InChI=1S/C23H33NO3/c1-15-5-7-16(8-6-15)20-18-13-17-14-23(18,10-12-27-20)21(22(17,2)3)24-19(25)9-11-26-4/h5-8,17-18,20-21H,9-14H2,1-4H3,(H,24,25)/t17-,18-,20-,21-,23-/m1/s1. The van der Waals surface area contributed by atoms with E-state index in [1.165, 1.54) is 24.0 Å². The quantitative estimate of drug-likeness (QED) is 0.850. The summed E-state index contributed by atoms with van der Waals surface area (Å²) in [6, 6.07) is 9.03. The summed E-state index contributed by atoms with van der Waals surface area (Å²) in [4.78, 5) is 12.6. The lowest BCUT2D eigenvalue weighted by Crippen LogP contribution is -2.59. The third kappa shape index (κ3) is 3.01. The van der Waals surface area contributed by atoms with E-state index in [1.54, 1.807) is 7.11 Å². The number of hydrogen-bond donors (Lipinski definition) is 1. The fourth-order valence-electron chi connectivity index (χ4n) is 6.30. The molecule has 0 unspecified atom stereocenters. The van der Waals surface area contributed by atoms with E-state index in [4.69, 9.17) is 9.47 Å². The Kier molecular flexibility index (Phi) is 4.84. The highest BCUT2D eigenvalue weighted by Gasteiger charge is 2.68. The Hall–Kier alpha value is -1.39. The van der Waals surface area contributed by atoms with Gasteiger partial charge in [0.2, 0.25) is 5.91 Å². The number of ether oxygens (including phenoxy) is 2. The first-order valence-corrected chi connectivity index (χ1v) is 10.3. The number of hydrogen-bond acceptors (Lipinski definition) is 3. The van der Waals surface area contributed by atoms with E-state index < -0.39 is 0 Å². The van der Waals surface area contributed by atoms with Gasteiger partial charge >= 0.3 is 0 Å². The van der Waals surface area contributed by atoms with E-state index >= 15 is 0 Å². The first-order valence-electron chi connectivity index (χ1n) is 10.3. The van der Waals surface area contributed by atoms with E-state index in [2.05, 4.69) is 50.4 Å². The first kappa shape index (κ1) is 18.9. The summed E-state index contributed by atoms with van der Waals surface area (Å²) in [5, 5.41) is 3.43. The highest BCUT2D eigenvalue weighted by atomic mass is 16.5. The number of rotatable bonds is 5. The van der Waals surface area contributed by atoms with E-state index in [1.807, 2.05) is 0 Å². The van der Waals surface area contributed by atoms with Crippen LogP contribution in [0, 0.1) is 29.6 Å². The van der Waals surface area contributed by atoms with Crippen LogP contribution in [0.3, 0.4) is 0 Å². The fourth-order valence-corrected chi connectivity index (χ4v) is 6.30. The summed E-state index contributed by atoms with van der Waals surface area (Å²) in [5.74, 6) is 1.25. The lowest BCUT2D eigenvalue weighted by molar-refractivity contribution is -0.137. The van der Waals surface area contributed by atoms with Gasteiger partial charge in [0.15, 0.2) is 0 Å². The van der Waals surface area contributed by atoms with Gasteiger partial charge in [-0.25, -0.2) is 0 Å². The Morgan fingerprint density at radius 3 is 2.74 bits per heavy atom. The highest BCUT2D eigenvalue weighted by molar-refractivity contribution is 5.76. The van der Waals surface area contributed by atoms with Crippen molar-refractivity contribution < 1.29 is 14.3 Å². The molecule has 1 amide bonds. The van der Waals surface area contributed by atoms with Crippen molar-refractivity contribution in [3.63, 3.8) is 0 Å². The lowest BCUT2D eigenvalue weighted by atomic mass is 9.59. The van der Waals surface area contributed by atoms with Crippen molar-refractivity contribution in [2.24, 2.45) is 22.7 Å². The molecule has 1 N–H and O–H groups in total. The van der Waals surface area contributed by atoms with E-state index in [0.717, 1.165) is 13.0 Å². The van der Waals surface area contributed by atoms with Crippen molar-refractivity contribution in [2.45, 2.75) is 58.6 Å². The largest absolute Gasteiger partial charge is 0.384 e. The molecule has 4 nitrogen and oxygen atoms in total. The second-order valence-corrected chi connectivity index (χ2v) is 9.49. The van der Waals surface area contributed by atoms with Crippen molar-refractivity contribution in [3.8, 4) is 0 Å². The van der Waals surface area contributed by atoms with Gasteiger partial charge < -0.3 is 14.8 Å². The molecule has 1 aliphatic heterocycles. The van der Waals surface area contributed by atoms with Crippen molar-refractivity contribution in [1.29, 1.82) is 0 Å². The molecule has 2 saturated carbocycles. The summed E-state index contributed by atoms with van der Waals surface area (Å²) in [7, 11) is 1.65. The second-order valence-electron chi connectivity index (χ2n) is 9.49. The average Bonchev–Trinajstić information content (AvgIpc) is 3.13. The number of benzene rings is 1. The molecule has 1 aromatic rings. The number of aryl methyl sites for hydroxylation is 1. The summed E-state index contributed by atoms with van der Waals surface area (Å²) in [5.41, 5.74) is 2.86. The van der Waals surface area contributed by atoms with Gasteiger partial charge in [-0.2, -0.15) is 0 Å². The maximum absolute atomic E-state index is 12.6. The van der Waals surface area contributed by atoms with Crippen LogP contribution in [-0.4, -0.2) is 32.3 Å². The molecule has 5 atom stereocenters. The molecule has 0 aromatic heterocycles. The smallest absolute Gasteiger partial charge is 0.222 e. The maximum Gasteiger partial charge on any atom is 0.222 e. The van der Waals surface area contributed by atoms with Crippen LogP contribution in [0.15, 0.2) is 24.3 Å². The van der Waals surface area contributed by atoms with Gasteiger partial charge in [-0.1, -0.05) is 43.7 Å². The highest BCUT2D eigenvalue weighted by Crippen LogP contribution is 2.70.